The van der Waals surface area contributed by atoms with Crippen LogP contribution in [0.25, 0.3) is 0 Å². The first-order valence-electron chi connectivity index (χ1n) is 6.61. The number of carbonyl (C=O) groups is 1. The summed E-state index contributed by atoms with van der Waals surface area (Å²) in [6, 6.07) is 5.47. The summed E-state index contributed by atoms with van der Waals surface area (Å²) >= 11 is 0. The van der Waals surface area contributed by atoms with E-state index in [1.54, 1.807) is 13.2 Å². The molecule has 19 heavy (non-hydrogen) atoms. The normalized spacial score (nSPS) is 19.1. The Morgan fingerprint density at radius 1 is 1.42 bits per heavy atom. The number of carbonyl (C=O) groups excluding carboxylic acids is 1. The van der Waals surface area contributed by atoms with E-state index < -0.39 is 5.60 Å². The topological polar surface area (TPSA) is 49.8 Å². The van der Waals surface area contributed by atoms with Crippen molar-refractivity contribution in [3.63, 3.8) is 0 Å². The summed E-state index contributed by atoms with van der Waals surface area (Å²) in [5, 5.41) is 9.94. The van der Waals surface area contributed by atoms with Gasteiger partial charge >= 0.3 is 0 Å². The molecule has 4 heteroatoms. The molecule has 1 aliphatic rings. The molecule has 4 nitrogen and oxygen atoms in total. The van der Waals surface area contributed by atoms with Crippen molar-refractivity contribution in [2.24, 2.45) is 0 Å². The van der Waals surface area contributed by atoms with Gasteiger partial charge in [0.25, 0.3) is 0 Å². The molecule has 0 atom stereocenters. The lowest BCUT2D eigenvalue weighted by Crippen LogP contribution is -2.42. The van der Waals surface area contributed by atoms with Gasteiger partial charge in [0.1, 0.15) is 12.0 Å². The first-order valence-corrected chi connectivity index (χ1v) is 6.61. The van der Waals surface area contributed by atoms with Crippen molar-refractivity contribution in [3.8, 4) is 5.75 Å². The molecule has 1 aliphatic heterocycles. The van der Waals surface area contributed by atoms with Gasteiger partial charge in [0, 0.05) is 30.8 Å². The smallest absolute Gasteiger partial charge is 0.150 e. The molecular formula is C15H21NO3. The van der Waals surface area contributed by atoms with Crippen LogP contribution in [0, 0.1) is 0 Å². The molecule has 1 aromatic rings. The number of nitrogens with zero attached hydrogens (tertiary/aromatic N) is 1. The van der Waals surface area contributed by atoms with E-state index in [0.29, 0.717) is 5.56 Å². The number of rotatable bonds is 4. The number of hydrogen-bond donors (Lipinski definition) is 1. The highest BCUT2D eigenvalue weighted by Crippen LogP contribution is 2.26. The summed E-state index contributed by atoms with van der Waals surface area (Å²) in [5.41, 5.74) is 1.15. The number of methoxy groups -OCH3 is 1. The molecule has 104 valence electrons. The fraction of sp³-hybridized carbons (Fsp3) is 0.533. The number of aliphatic hydroxyl groups is 1. The van der Waals surface area contributed by atoms with E-state index in [4.69, 9.17) is 4.74 Å². The molecule has 1 saturated heterocycles. The predicted octanol–water partition coefficient (Wildman–Crippen LogP) is 1.85. The quantitative estimate of drug-likeness (QED) is 0.842. The van der Waals surface area contributed by atoms with Gasteiger partial charge in [0.15, 0.2) is 0 Å². The first-order chi connectivity index (χ1) is 9.04. The fourth-order valence-corrected chi connectivity index (χ4v) is 2.43. The van der Waals surface area contributed by atoms with Crippen LogP contribution in [0.4, 0.5) is 0 Å². The molecule has 0 spiro atoms. The lowest BCUT2D eigenvalue weighted by molar-refractivity contribution is -0.00742. The molecule has 0 aliphatic carbocycles. The molecule has 1 heterocycles. The summed E-state index contributed by atoms with van der Waals surface area (Å²) in [7, 11) is 1.64. The maximum Gasteiger partial charge on any atom is 0.150 e. The Morgan fingerprint density at radius 2 is 2.11 bits per heavy atom. The van der Waals surface area contributed by atoms with Crippen molar-refractivity contribution in [2.75, 3.05) is 20.2 Å². The van der Waals surface area contributed by atoms with Crippen LogP contribution in [0.1, 0.15) is 35.7 Å². The third kappa shape index (κ3) is 3.55. The van der Waals surface area contributed by atoms with Gasteiger partial charge in [-0.15, -0.1) is 0 Å². The van der Waals surface area contributed by atoms with Crippen molar-refractivity contribution in [2.45, 2.75) is 31.9 Å². The van der Waals surface area contributed by atoms with Gasteiger partial charge in [-0.3, -0.25) is 9.69 Å². The van der Waals surface area contributed by atoms with Gasteiger partial charge in [-0.1, -0.05) is 0 Å². The lowest BCUT2D eigenvalue weighted by atomic mass is 9.93. The molecule has 2 rings (SSSR count). The standard InChI is InChI=1S/C15H21NO3/c1-15(18)5-7-16(8-6-15)10-13-9-12(11-17)3-4-14(13)19-2/h3-4,9,11,18H,5-8,10H2,1-2H3. The van der Waals surface area contributed by atoms with Gasteiger partial charge in [-0.05, 0) is 38.0 Å². The minimum Gasteiger partial charge on any atom is -0.496 e. The summed E-state index contributed by atoms with van der Waals surface area (Å²) in [4.78, 5) is 13.1. The van der Waals surface area contributed by atoms with Crippen molar-refractivity contribution >= 4 is 6.29 Å². The van der Waals surface area contributed by atoms with Crippen molar-refractivity contribution in [1.29, 1.82) is 0 Å². The maximum atomic E-state index is 10.8. The van der Waals surface area contributed by atoms with Crippen LogP contribution in [-0.2, 0) is 6.54 Å². The van der Waals surface area contributed by atoms with E-state index in [9.17, 15) is 9.90 Å². The number of hydrogen-bond acceptors (Lipinski definition) is 4. The van der Waals surface area contributed by atoms with E-state index in [0.717, 1.165) is 50.1 Å². The summed E-state index contributed by atoms with van der Waals surface area (Å²) in [6.07, 6.45) is 2.41. The van der Waals surface area contributed by atoms with Crippen LogP contribution in [0.15, 0.2) is 18.2 Å². The molecule has 0 bridgehead atoms. The van der Waals surface area contributed by atoms with Crippen LogP contribution in [-0.4, -0.2) is 42.1 Å². The van der Waals surface area contributed by atoms with Gasteiger partial charge in [0.2, 0.25) is 0 Å². The van der Waals surface area contributed by atoms with Gasteiger partial charge in [0.05, 0.1) is 12.7 Å². The number of likely N-dealkylation sites (tertiary alicyclic amines) is 1. The Hall–Kier alpha value is -1.39. The summed E-state index contributed by atoms with van der Waals surface area (Å²) in [5.74, 6) is 0.808. The minimum absolute atomic E-state index is 0.536. The highest BCUT2D eigenvalue weighted by molar-refractivity contribution is 5.75. The van der Waals surface area contributed by atoms with Crippen molar-refractivity contribution < 1.29 is 14.6 Å². The average Bonchev–Trinajstić information content (AvgIpc) is 2.41. The molecule has 0 saturated carbocycles. The number of aldehydes is 1. The Bertz CT molecular complexity index is 447. The van der Waals surface area contributed by atoms with E-state index in [1.165, 1.54) is 0 Å². The molecule has 1 N–H and O–H groups in total. The SMILES string of the molecule is COc1ccc(C=O)cc1CN1CCC(C)(O)CC1. The number of benzene rings is 1. The van der Waals surface area contributed by atoms with E-state index in [-0.39, 0.29) is 0 Å². The monoisotopic (exact) mass is 263 g/mol. The third-order valence-corrected chi connectivity index (χ3v) is 3.77. The Balaban J connectivity index is 2.08. The molecule has 1 aromatic carbocycles. The molecule has 0 radical (unpaired) electrons. The number of piperidine rings is 1. The molecular weight excluding hydrogens is 242 g/mol. The molecule has 0 aromatic heterocycles. The van der Waals surface area contributed by atoms with E-state index >= 15 is 0 Å². The van der Waals surface area contributed by atoms with Crippen LogP contribution >= 0.6 is 0 Å². The van der Waals surface area contributed by atoms with Gasteiger partial charge in [-0.2, -0.15) is 0 Å². The zero-order valence-electron chi connectivity index (χ0n) is 11.6. The largest absolute Gasteiger partial charge is 0.496 e. The first kappa shape index (κ1) is 14.0. The van der Waals surface area contributed by atoms with Gasteiger partial charge in [-0.25, -0.2) is 0 Å². The number of ether oxygens (including phenoxy) is 1. The average molecular weight is 263 g/mol. The summed E-state index contributed by atoms with van der Waals surface area (Å²) in [6.45, 7) is 4.36. The molecule has 1 fully saturated rings. The Labute approximate surface area is 114 Å². The molecule has 0 amide bonds. The van der Waals surface area contributed by atoms with Crippen molar-refractivity contribution in [1.82, 2.24) is 4.90 Å². The van der Waals surface area contributed by atoms with E-state index in [1.807, 2.05) is 19.1 Å². The second kappa shape index (κ2) is 5.72. The minimum atomic E-state index is -0.536. The van der Waals surface area contributed by atoms with Crippen LogP contribution in [0.2, 0.25) is 0 Å². The van der Waals surface area contributed by atoms with Crippen molar-refractivity contribution in [3.05, 3.63) is 29.3 Å². The predicted molar refractivity (Wildman–Crippen MR) is 73.5 cm³/mol. The zero-order valence-corrected chi connectivity index (χ0v) is 11.6. The van der Waals surface area contributed by atoms with E-state index in [2.05, 4.69) is 4.90 Å². The maximum absolute atomic E-state index is 10.8. The highest BCUT2D eigenvalue weighted by Gasteiger charge is 2.27. The van der Waals surface area contributed by atoms with Crippen LogP contribution in [0.3, 0.4) is 0 Å². The zero-order chi connectivity index (χ0) is 13.9. The lowest BCUT2D eigenvalue weighted by Gasteiger charge is -2.36. The Morgan fingerprint density at radius 3 is 2.68 bits per heavy atom. The van der Waals surface area contributed by atoms with Crippen LogP contribution < -0.4 is 4.74 Å². The Kier molecular flexibility index (Phi) is 4.22. The molecule has 0 unspecified atom stereocenters. The van der Waals surface area contributed by atoms with Gasteiger partial charge < -0.3 is 9.84 Å². The second-order valence-corrected chi connectivity index (χ2v) is 5.46. The summed E-state index contributed by atoms with van der Waals surface area (Å²) < 4.78 is 5.34. The second-order valence-electron chi connectivity index (χ2n) is 5.46. The fourth-order valence-electron chi connectivity index (χ4n) is 2.43. The van der Waals surface area contributed by atoms with Crippen LogP contribution in [0.5, 0.6) is 5.75 Å². The highest BCUT2D eigenvalue weighted by atomic mass is 16.5. The third-order valence-electron chi connectivity index (χ3n) is 3.77.